The molecule has 4 nitrogen and oxygen atoms in total. The van der Waals surface area contributed by atoms with Gasteiger partial charge in [0.05, 0.1) is 19.4 Å². The molecule has 0 aliphatic heterocycles. The number of nitrogens with zero attached hydrogens (tertiary/aromatic N) is 1. The van der Waals surface area contributed by atoms with E-state index in [0.29, 0.717) is 19.1 Å². The van der Waals surface area contributed by atoms with Crippen molar-refractivity contribution in [3.63, 3.8) is 0 Å². The molecular formula is C14H24N2O2. The molecule has 0 radical (unpaired) electrons. The maximum absolute atomic E-state index is 9.02. The minimum Gasteiger partial charge on any atom is -0.468 e. The van der Waals surface area contributed by atoms with Gasteiger partial charge in [-0.3, -0.25) is 4.90 Å². The molecule has 0 fully saturated rings. The summed E-state index contributed by atoms with van der Waals surface area (Å²) in [5, 5.41) is 12.4. The Hall–Kier alpha value is -1.10. The van der Waals surface area contributed by atoms with Crippen LogP contribution in [0.1, 0.15) is 25.2 Å². The number of aliphatic hydroxyl groups excluding tert-OH is 1. The highest BCUT2D eigenvalue weighted by Gasteiger charge is 2.11. The summed E-state index contributed by atoms with van der Waals surface area (Å²) in [4.78, 5) is 2.10. The minimum atomic E-state index is 0.147. The maximum atomic E-state index is 9.02. The standard InChI is InChI=1S/C14H24N2O2/c1-4-6-16(7-8-17)11-14-13(5-9-18-14)10-15-12(2)3/h4-5,9,12,15,17H,1,6-8,10-11H2,2-3H3. The molecular weight excluding hydrogens is 228 g/mol. The Balaban J connectivity index is 2.58. The van der Waals surface area contributed by atoms with E-state index in [1.807, 2.05) is 12.1 Å². The van der Waals surface area contributed by atoms with Gasteiger partial charge < -0.3 is 14.8 Å². The van der Waals surface area contributed by atoms with Crippen LogP contribution >= 0.6 is 0 Å². The highest BCUT2D eigenvalue weighted by molar-refractivity contribution is 5.17. The predicted molar refractivity (Wildman–Crippen MR) is 73.2 cm³/mol. The van der Waals surface area contributed by atoms with Crippen LogP contribution in [0.25, 0.3) is 0 Å². The SMILES string of the molecule is C=CCN(CCO)Cc1occc1CNC(C)C. The fourth-order valence-electron chi connectivity index (χ4n) is 1.74. The smallest absolute Gasteiger partial charge is 0.122 e. The van der Waals surface area contributed by atoms with Crippen LogP contribution in [0.2, 0.25) is 0 Å². The molecule has 0 atom stereocenters. The summed E-state index contributed by atoms with van der Waals surface area (Å²) < 4.78 is 5.52. The zero-order valence-electron chi connectivity index (χ0n) is 11.4. The first-order chi connectivity index (χ1) is 8.67. The van der Waals surface area contributed by atoms with Crippen LogP contribution < -0.4 is 5.32 Å². The Kier molecular flexibility index (Phi) is 6.72. The molecule has 0 bridgehead atoms. The molecule has 1 aromatic rings. The van der Waals surface area contributed by atoms with Gasteiger partial charge in [0.1, 0.15) is 5.76 Å². The third kappa shape index (κ3) is 5.04. The quantitative estimate of drug-likeness (QED) is 0.658. The number of aliphatic hydroxyl groups is 1. The molecule has 4 heteroatoms. The second-order valence-corrected chi connectivity index (χ2v) is 4.65. The second kappa shape index (κ2) is 8.08. The third-order valence-electron chi connectivity index (χ3n) is 2.71. The zero-order valence-corrected chi connectivity index (χ0v) is 11.4. The van der Waals surface area contributed by atoms with E-state index in [9.17, 15) is 0 Å². The first kappa shape index (κ1) is 15.0. The van der Waals surface area contributed by atoms with E-state index in [2.05, 4.69) is 30.6 Å². The monoisotopic (exact) mass is 252 g/mol. The van der Waals surface area contributed by atoms with Gasteiger partial charge >= 0.3 is 0 Å². The van der Waals surface area contributed by atoms with Crippen molar-refractivity contribution in [3.8, 4) is 0 Å². The lowest BCUT2D eigenvalue weighted by Crippen LogP contribution is -2.27. The van der Waals surface area contributed by atoms with Gasteiger partial charge in [-0.05, 0) is 6.07 Å². The first-order valence-corrected chi connectivity index (χ1v) is 6.40. The van der Waals surface area contributed by atoms with Gasteiger partial charge in [0.25, 0.3) is 0 Å². The molecule has 0 saturated carbocycles. The van der Waals surface area contributed by atoms with Crippen LogP contribution in [-0.2, 0) is 13.1 Å². The number of hydrogen-bond acceptors (Lipinski definition) is 4. The Morgan fingerprint density at radius 2 is 2.33 bits per heavy atom. The van der Waals surface area contributed by atoms with E-state index in [1.54, 1.807) is 6.26 Å². The van der Waals surface area contributed by atoms with E-state index in [-0.39, 0.29) is 6.61 Å². The van der Waals surface area contributed by atoms with Crippen molar-refractivity contribution in [1.29, 1.82) is 0 Å². The van der Waals surface area contributed by atoms with Crippen molar-refractivity contribution in [3.05, 3.63) is 36.3 Å². The summed E-state index contributed by atoms with van der Waals surface area (Å²) in [7, 11) is 0. The number of nitrogens with one attached hydrogen (secondary N) is 1. The second-order valence-electron chi connectivity index (χ2n) is 4.65. The molecule has 102 valence electrons. The van der Waals surface area contributed by atoms with E-state index >= 15 is 0 Å². The molecule has 1 rings (SSSR count). The Morgan fingerprint density at radius 1 is 1.56 bits per heavy atom. The fraction of sp³-hybridized carbons (Fsp3) is 0.571. The molecule has 0 saturated heterocycles. The van der Waals surface area contributed by atoms with E-state index < -0.39 is 0 Å². The van der Waals surface area contributed by atoms with Crippen molar-refractivity contribution < 1.29 is 9.52 Å². The van der Waals surface area contributed by atoms with E-state index in [1.165, 1.54) is 5.56 Å². The highest BCUT2D eigenvalue weighted by Crippen LogP contribution is 2.13. The number of rotatable bonds is 9. The van der Waals surface area contributed by atoms with Crippen LogP contribution in [0.15, 0.2) is 29.4 Å². The minimum absolute atomic E-state index is 0.147. The summed E-state index contributed by atoms with van der Waals surface area (Å²) in [5.74, 6) is 0.957. The lowest BCUT2D eigenvalue weighted by Gasteiger charge is -2.19. The summed E-state index contributed by atoms with van der Waals surface area (Å²) in [6.07, 6.45) is 3.56. The van der Waals surface area contributed by atoms with Crippen LogP contribution in [-0.4, -0.2) is 35.7 Å². The van der Waals surface area contributed by atoms with Crippen LogP contribution in [0.3, 0.4) is 0 Å². The van der Waals surface area contributed by atoms with Crippen molar-refractivity contribution in [1.82, 2.24) is 10.2 Å². The molecule has 0 aliphatic carbocycles. The van der Waals surface area contributed by atoms with Gasteiger partial charge in [0, 0.05) is 31.2 Å². The zero-order chi connectivity index (χ0) is 13.4. The van der Waals surface area contributed by atoms with Crippen LogP contribution in [0, 0.1) is 0 Å². The topological polar surface area (TPSA) is 48.6 Å². The van der Waals surface area contributed by atoms with E-state index in [4.69, 9.17) is 9.52 Å². The normalized spacial score (nSPS) is 11.4. The third-order valence-corrected chi connectivity index (χ3v) is 2.71. The summed E-state index contributed by atoms with van der Waals surface area (Å²) in [6.45, 7) is 11.0. The highest BCUT2D eigenvalue weighted by atomic mass is 16.3. The van der Waals surface area contributed by atoms with Crippen molar-refractivity contribution in [2.24, 2.45) is 0 Å². The lowest BCUT2D eigenvalue weighted by molar-refractivity contribution is 0.193. The van der Waals surface area contributed by atoms with Gasteiger partial charge in [-0.25, -0.2) is 0 Å². The van der Waals surface area contributed by atoms with Gasteiger partial charge in [-0.2, -0.15) is 0 Å². The molecule has 2 N–H and O–H groups in total. The summed E-state index contributed by atoms with van der Waals surface area (Å²) in [6, 6.07) is 2.45. The van der Waals surface area contributed by atoms with Crippen LogP contribution in [0.4, 0.5) is 0 Å². The Labute approximate surface area is 109 Å². The Bertz CT molecular complexity index is 347. The van der Waals surface area contributed by atoms with Gasteiger partial charge in [-0.1, -0.05) is 19.9 Å². The van der Waals surface area contributed by atoms with Gasteiger partial charge in [0.15, 0.2) is 0 Å². The molecule has 0 aromatic carbocycles. The van der Waals surface area contributed by atoms with Crippen molar-refractivity contribution in [2.45, 2.75) is 33.0 Å². The predicted octanol–water partition coefficient (Wildman–Crippen LogP) is 1.76. The summed E-state index contributed by atoms with van der Waals surface area (Å²) >= 11 is 0. The van der Waals surface area contributed by atoms with E-state index in [0.717, 1.165) is 18.8 Å². The van der Waals surface area contributed by atoms with Gasteiger partial charge in [0.2, 0.25) is 0 Å². The lowest BCUT2D eigenvalue weighted by atomic mass is 10.2. The average molecular weight is 252 g/mol. The summed E-state index contributed by atoms with van der Waals surface area (Å²) in [5.41, 5.74) is 1.18. The van der Waals surface area contributed by atoms with Crippen LogP contribution in [0.5, 0.6) is 0 Å². The molecule has 0 spiro atoms. The number of furan rings is 1. The first-order valence-electron chi connectivity index (χ1n) is 6.40. The maximum Gasteiger partial charge on any atom is 0.122 e. The molecule has 18 heavy (non-hydrogen) atoms. The van der Waals surface area contributed by atoms with Crippen molar-refractivity contribution >= 4 is 0 Å². The molecule has 0 aliphatic rings. The molecule has 0 unspecified atom stereocenters. The molecule has 0 amide bonds. The number of hydrogen-bond donors (Lipinski definition) is 2. The molecule has 1 aromatic heterocycles. The fourth-order valence-corrected chi connectivity index (χ4v) is 1.74. The van der Waals surface area contributed by atoms with Crippen molar-refractivity contribution in [2.75, 3.05) is 19.7 Å². The Morgan fingerprint density at radius 3 is 2.94 bits per heavy atom. The average Bonchev–Trinajstić information content (AvgIpc) is 2.74. The largest absolute Gasteiger partial charge is 0.468 e. The molecule has 1 heterocycles. The van der Waals surface area contributed by atoms with Gasteiger partial charge in [-0.15, -0.1) is 6.58 Å².